The Morgan fingerprint density at radius 2 is 1.69 bits per heavy atom. The molecule has 0 aliphatic rings. The molecule has 2 aromatic carbocycles. The van der Waals surface area contributed by atoms with Crippen LogP contribution in [0.4, 0.5) is 13.2 Å². The van der Waals surface area contributed by atoms with Gasteiger partial charge in [0.2, 0.25) is 5.91 Å². The van der Waals surface area contributed by atoms with E-state index in [1.807, 2.05) is 0 Å². The molecule has 29 heavy (non-hydrogen) atoms. The van der Waals surface area contributed by atoms with E-state index in [4.69, 9.17) is 21.1 Å². The molecular weight excluding hydrogens is 411 g/mol. The summed E-state index contributed by atoms with van der Waals surface area (Å²) in [5.74, 6) is -0.714. The molecule has 156 valence electrons. The van der Waals surface area contributed by atoms with Crippen LogP contribution in [0.2, 0.25) is 5.02 Å². The minimum atomic E-state index is -4.45. The first-order valence-electron chi connectivity index (χ1n) is 8.49. The van der Waals surface area contributed by atoms with Crippen LogP contribution >= 0.6 is 11.6 Å². The molecule has 2 aromatic rings. The fourth-order valence-electron chi connectivity index (χ4n) is 2.65. The van der Waals surface area contributed by atoms with Crippen molar-refractivity contribution in [1.82, 2.24) is 5.32 Å². The van der Waals surface area contributed by atoms with E-state index in [1.54, 1.807) is 18.2 Å². The number of hydrogen-bond acceptors (Lipinski definition) is 4. The van der Waals surface area contributed by atoms with Gasteiger partial charge < -0.3 is 14.8 Å². The van der Waals surface area contributed by atoms with Gasteiger partial charge in [0.15, 0.2) is 0 Å². The summed E-state index contributed by atoms with van der Waals surface area (Å²) in [5, 5.41) is 2.90. The number of benzene rings is 2. The predicted octanol–water partition coefficient (Wildman–Crippen LogP) is 3.81. The third-order valence-corrected chi connectivity index (χ3v) is 4.42. The van der Waals surface area contributed by atoms with E-state index >= 15 is 0 Å². The summed E-state index contributed by atoms with van der Waals surface area (Å²) in [6.45, 7) is 0. The highest BCUT2D eigenvalue weighted by molar-refractivity contribution is 6.32. The molecule has 5 nitrogen and oxygen atoms in total. The quantitative estimate of drug-likeness (QED) is 0.680. The number of rotatable bonds is 7. The second-order valence-corrected chi connectivity index (χ2v) is 6.59. The lowest BCUT2D eigenvalue weighted by molar-refractivity contribution is -0.145. The molecule has 0 bridgehead atoms. The van der Waals surface area contributed by atoms with Gasteiger partial charge in [-0.15, -0.1) is 0 Å². The standard InChI is InChI=1S/C20H19ClF3NO4/c1-28-17-8-5-13(9-15(17)21)10-16(19(27)29-2)25-18(26)11-12-3-6-14(7-4-12)20(22,23)24/h3-9,16H,10-11H2,1-2H3,(H,25,26)/t16-/m1/s1. The van der Waals surface area contributed by atoms with E-state index in [9.17, 15) is 22.8 Å². The molecule has 2 rings (SSSR count). The van der Waals surface area contributed by atoms with Crippen molar-refractivity contribution in [3.8, 4) is 5.75 Å². The molecule has 0 unspecified atom stereocenters. The summed E-state index contributed by atoms with van der Waals surface area (Å²) in [5.41, 5.74) is 0.248. The molecule has 0 aliphatic carbocycles. The van der Waals surface area contributed by atoms with Gasteiger partial charge in [0, 0.05) is 6.42 Å². The van der Waals surface area contributed by atoms with E-state index < -0.39 is 29.7 Å². The summed E-state index contributed by atoms with van der Waals surface area (Å²) in [4.78, 5) is 24.3. The van der Waals surface area contributed by atoms with Crippen molar-refractivity contribution in [2.75, 3.05) is 14.2 Å². The Morgan fingerprint density at radius 1 is 1.07 bits per heavy atom. The number of hydrogen-bond donors (Lipinski definition) is 1. The highest BCUT2D eigenvalue weighted by atomic mass is 35.5. The number of carbonyl (C=O) groups is 2. The van der Waals surface area contributed by atoms with Gasteiger partial charge >= 0.3 is 12.1 Å². The van der Waals surface area contributed by atoms with E-state index in [1.165, 1.54) is 26.4 Å². The van der Waals surface area contributed by atoms with Crippen molar-refractivity contribution in [2.45, 2.75) is 25.1 Å². The molecule has 1 N–H and O–H groups in total. The van der Waals surface area contributed by atoms with Gasteiger partial charge in [-0.1, -0.05) is 29.8 Å². The average Bonchev–Trinajstić information content (AvgIpc) is 2.66. The molecule has 0 spiro atoms. The smallest absolute Gasteiger partial charge is 0.416 e. The molecule has 9 heteroatoms. The molecule has 0 aromatic heterocycles. The highest BCUT2D eigenvalue weighted by Crippen LogP contribution is 2.29. The second kappa shape index (κ2) is 9.65. The predicted molar refractivity (Wildman–Crippen MR) is 101 cm³/mol. The van der Waals surface area contributed by atoms with Crippen LogP contribution < -0.4 is 10.1 Å². The summed E-state index contributed by atoms with van der Waals surface area (Å²) in [6, 6.07) is 8.21. The van der Waals surface area contributed by atoms with Gasteiger partial charge in [0.25, 0.3) is 0 Å². The molecule has 0 radical (unpaired) electrons. The minimum absolute atomic E-state index is 0.120. The maximum atomic E-state index is 12.6. The van der Waals surface area contributed by atoms with E-state index in [0.29, 0.717) is 21.9 Å². The molecule has 0 aliphatic heterocycles. The van der Waals surface area contributed by atoms with Gasteiger partial charge in [-0.25, -0.2) is 4.79 Å². The molecule has 1 amide bonds. The highest BCUT2D eigenvalue weighted by Gasteiger charge is 2.30. The molecule has 0 fully saturated rings. The summed E-state index contributed by atoms with van der Waals surface area (Å²) < 4.78 is 47.6. The number of nitrogens with one attached hydrogen (secondary N) is 1. The number of carbonyl (C=O) groups excluding carboxylic acids is 2. The second-order valence-electron chi connectivity index (χ2n) is 6.19. The van der Waals surface area contributed by atoms with Crippen LogP contribution in [0.15, 0.2) is 42.5 Å². The van der Waals surface area contributed by atoms with Crippen molar-refractivity contribution in [2.24, 2.45) is 0 Å². The SMILES string of the molecule is COC(=O)[C@@H](Cc1ccc(OC)c(Cl)c1)NC(=O)Cc1ccc(C(F)(F)F)cc1. The maximum Gasteiger partial charge on any atom is 0.416 e. The van der Waals surface area contributed by atoms with Crippen LogP contribution in [0.1, 0.15) is 16.7 Å². The fraction of sp³-hybridized carbons (Fsp3) is 0.300. The summed E-state index contributed by atoms with van der Waals surface area (Å²) in [6.07, 6.45) is -4.51. The lowest BCUT2D eigenvalue weighted by Crippen LogP contribution is -2.43. The van der Waals surface area contributed by atoms with Crippen LogP contribution in [0, 0.1) is 0 Å². The van der Waals surface area contributed by atoms with E-state index in [-0.39, 0.29) is 12.8 Å². The minimum Gasteiger partial charge on any atom is -0.495 e. The van der Waals surface area contributed by atoms with Gasteiger partial charge in [-0.05, 0) is 35.4 Å². The molecule has 1 atom stereocenters. The molecular formula is C20H19ClF3NO4. The van der Waals surface area contributed by atoms with Crippen molar-refractivity contribution in [1.29, 1.82) is 0 Å². The first-order valence-corrected chi connectivity index (χ1v) is 8.87. The first kappa shape index (κ1) is 22.5. The Kier molecular flexibility index (Phi) is 7.50. The van der Waals surface area contributed by atoms with Crippen LogP contribution in [-0.2, 0) is 33.3 Å². The van der Waals surface area contributed by atoms with Crippen LogP contribution in [-0.4, -0.2) is 32.1 Å². The Balaban J connectivity index is 2.06. The van der Waals surface area contributed by atoms with Crippen molar-refractivity contribution >= 4 is 23.5 Å². The number of amides is 1. The lowest BCUT2D eigenvalue weighted by atomic mass is 10.0. The Hall–Kier alpha value is -2.74. The summed E-state index contributed by atoms with van der Waals surface area (Å²) >= 11 is 6.08. The van der Waals surface area contributed by atoms with Crippen LogP contribution in [0.3, 0.4) is 0 Å². The van der Waals surface area contributed by atoms with Crippen LogP contribution in [0.25, 0.3) is 0 Å². The van der Waals surface area contributed by atoms with E-state index in [2.05, 4.69) is 5.32 Å². The summed E-state index contributed by atoms with van der Waals surface area (Å²) in [7, 11) is 2.66. The number of methoxy groups -OCH3 is 2. The van der Waals surface area contributed by atoms with E-state index in [0.717, 1.165) is 12.1 Å². The molecule has 0 heterocycles. The average molecular weight is 430 g/mol. The van der Waals surface area contributed by atoms with Crippen molar-refractivity contribution < 1.29 is 32.2 Å². The Bertz CT molecular complexity index is 869. The zero-order chi connectivity index (χ0) is 21.6. The third kappa shape index (κ3) is 6.39. The van der Waals surface area contributed by atoms with Gasteiger partial charge in [-0.3, -0.25) is 4.79 Å². The largest absolute Gasteiger partial charge is 0.495 e. The number of esters is 1. The maximum absolute atomic E-state index is 12.6. The number of alkyl halides is 3. The molecule has 0 saturated carbocycles. The zero-order valence-corrected chi connectivity index (χ0v) is 16.4. The first-order chi connectivity index (χ1) is 13.6. The number of halogens is 4. The van der Waals surface area contributed by atoms with Crippen molar-refractivity contribution in [3.05, 3.63) is 64.2 Å². The Morgan fingerprint density at radius 3 is 2.21 bits per heavy atom. The Labute approximate surface area is 170 Å². The monoisotopic (exact) mass is 429 g/mol. The number of ether oxygens (including phenoxy) is 2. The normalized spacial score (nSPS) is 12.2. The topological polar surface area (TPSA) is 64.6 Å². The van der Waals surface area contributed by atoms with Crippen molar-refractivity contribution in [3.63, 3.8) is 0 Å². The molecule has 0 saturated heterocycles. The third-order valence-electron chi connectivity index (χ3n) is 4.12. The van der Waals surface area contributed by atoms with Gasteiger partial charge in [0.05, 0.1) is 31.2 Å². The van der Waals surface area contributed by atoms with Gasteiger partial charge in [0.1, 0.15) is 11.8 Å². The van der Waals surface area contributed by atoms with Gasteiger partial charge in [-0.2, -0.15) is 13.2 Å². The fourth-order valence-corrected chi connectivity index (χ4v) is 2.93. The lowest BCUT2D eigenvalue weighted by Gasteiger charge is -2.17. The zero-order valence-electron chi connectivity index (χ0n) is 15.7. The van der Waals surface area contributed by atoms with Crippen LogP contribution in [0.5, 0.6) is 5.75 Å².